The second-order valence-electron chi connectivity index (χ2n) is 5.34. The van der Waals surface area contributed by atoms with Crippen LogP contribution in [0.15, 0.2) is 30.3 Å². The Morgan fingerprint density at radius 3 is 2.39 bits per heavy atom. The fraction of sp³-hybridized carbons (Fsp3) is 0.471. The third-order valence-corrected chi connectivity index (χ3v) is 3.39. The lowest BCUT2D eigenvalue weighted by Crippen LogP contribution is -2.42. The molecule has 0 aliphatic rings. The largest absolute Gasteiger partial charge is 0.469 e. The maximum Gasteiger partial charge on any atom is 0.328 e. The van der Waals surface area contributed by atoms with Crippen molar-refractivity contribution in [1.82, 2.24) is 5.32 Å². The lowest BCUT2D eigenvalue weighted by molar-refractivity contribution is -0.149. The van der Waals surface area contributed by atoms with E-state index in [0.29, 0.717) is 6.42 Å². The number of ether oxygens (including phenoxy) is 2. The van der Waals surface area contributed by atoms with Gasteiger partial charge in [0.05, 0.1) is 7.11 Å². The van der Waals surface area contributed by atoms with Gasteiger partial charge in [0.1, 0.15) is 12.6 Å². The van der Waals surface area contributed by atoms with Crippen molar-refractivity contribution < 1.29 is 23.9 Å². The van der Waals surface area contributed by atoms with Crippen LogP contribution in [0, 0.1) is 5.92 Å². The molecule has 0 aromatic heterocycles. The number of nitrogens with one attached hydrogen (secondary N) is 1. The van der Waals surface area contributed by atoms with Crippen molar-refractivity contribution in [1.29, 1.82) is 0 Å². The maximum atomic E-state index is 12.0. The average Bonchev–Trinajstić information content (AvgIpc) is 2.57. The number of carbonyl (C=O) groups is 3. The molecule has 0 heterocycles. The molecule has 2 atom stereocenters. The zero-order valence-electron chi connectivity index (χ0n) is 13.7. The first-order valence-electron chi connectivity index (χ1n) is 7.51. The van der Waals surface area contributed by atoms with Gasteiger partial charge in [-0.2, -0.15) is 0 Å². The zero-order chi connectivity index (χ0) is 17.2. The van der Waals surface area contributed by atoms with Crippen molar-refractivity contribution in [2.75, 3.05) is 7.11 Å². The first-order valence-corrected chi connectivity index (χ1v) is 7.51. The van der Waals surface area contributed by atoms with Crippen LogP contribution < -0.4 is 5.32 Å². The normalized spacial score (nSPS) is 12.8. The van der Waals surface area contributed by atoms with Crippen molar-refractivity contribution in [3.05, 3.63) is 35.9 Å². The third kappa shape index (κ3) is 6.95. The Labute approximate surface area is 136 Å². The Kier molecular flexibility index (Phi) is 7.80. The lowest BCUT2D eigenvalue weighted by Gasteiger charge is -2.16. The van der Waals surface area contributed by atoms with Crippen LogP contribution in [0.4, 0.5) is 0 Å². The molecule has 1 aromatic rings. The quantitative estimate of drug-likeness (QED) is 0.739. The molecule has 0 aliphatic carbocycles. The van der Waals surface area contributed by atoms with Gasteiger partial charge in [0.25, 0.3) is 0 Å². The van der Waals surface area contributed by atoms with Gasteiger partial charge in [0, 0.05) is 12.3 Å². The van der Waals surface area contributed by atoms with Gasteiger partial charge in [-0.25, -0.2) is 4.79 Å². The highest BCUT2D eigenvalue weighted by Crippen LogP contribution is 2.07. The van der Waals surface area contributed by atoms with Crippen LogP contribution in [0.25, 0.3) is 0 Å². The van der Waals surface area contributed by atoms with Crippen molar-refractivity contribution >= 4 is 17.8 Å². The molecule has 1 rings (SSSR count). The summed E-state index contributed by atoms with van der Waals surface area (Å²) >= 11 is 0. The molecule has 0 bridgehead atoms. The van der Waals surface area contributed by atoms with Crippen LogP contribution in [0.5, 0.6) is 0 Å². The fourth-order valence-electron chi connectivity index (χ4n) is 1.84. The summed E-state index contributed by atoms with van der Waals surface area (Å²) in [5.74, 6) is -1.54. The molecule has 0 saturated heterocycles. The van der Waals surface area contributed by atoms with E-state index in [1.807, 2.05) is 30.3 Å². The van der Waals surface area contributed by atoms with E-state index in [0.717, 1.165) is 5.56 Å². The van der Waals surface area contributed by atoms with Gasteiger partial charge in [0.15, 0.2) is 0 Å². The summed E-state index contributed by atoms with van der Waals surface area (Å²) in [4.78, 5) is 34.9. The highest BCUT2D eigenvalue weighted by molar-refractivity contribution is 5.85. The van der Waals surface area contributed by atoms with Gasteiger partial charge >= 0.3 is 11.9 Å². The first kappa shape index (κ1) is 18.7. The van der Waals surface area contributed by atoms with E-state index in [4.69, 9.17) is 4.74 Å². The monoisotopic (exact) mass is 321 g/mol. The van der Waals surface area contributed by atoms with Gasteiger partial charge in [-0.15, -0.1) is 0 Å². The van der Waals surface area contributed by atoms with Gasteiger partial charge in [-0.05, 0) is 18.9 Å². The minimum atomic E-state index is -0.744. The maximum absolute atomic E-state index is 12.0. The Morgan fingerprint density at radius 2 is 1.78 bits per heavy atom. The topological polar surface area (TPSA) is 81.7 Å². The van der Waals surface area contributed by atoms with Crippen LogP contribution in [-0.2, 0) is 30.5 Å². The van der Waals surface area contributed by atoms with Crippen molar-refractivity contribution in [3.63, 3.8) is 0 Å². The SMILES string of the molecule is COC(=O)CCC(C)C(=O)N[C@@H](C)C(=O)OCc1ccccc1. The average molecular weight is 321 g/mol. The molecule has 0 spiro atoms. The van der Waals surface area contributed by atoms with Gasteiger partial charge in [-0.1, -0.05) is 37.3 Å². The molecule has 1 N–H and O–H groups in total. The van der Waals surface area contributed by atoms with E-state index in [-0.39, 0.29) is 24.9 Å². The molecular weight excluding hydrogens is 298 g/mol. The number of carbonyl (C=O) groups excluding carboxylic acids is 3. The standard InChI is InChI=1S/C17H23NO5/c1-12(9-10-15(19)22-3)16(20)18-13(2)17(21)23-11-14-7-5-4-6-8-14/h4-8,12-13H,9-11H2,1-3H3,(H,18,20)/t12?,13-/m0/s1. The van der Waals surface area contributed by atoms with Gasteiger partial charge in [-0.3, -0.25) is 9.59 Å². The van der Waals surface area contributed by atoms with Crippen molar-refractivity contribution in [2.45, 2.75) is 39.3 Å². The Balaban J connectivity index is 2.35. The predicted molar refractivity (Wildman–Crippen MR) is 84.3 cm³/mol. The number of benzene rings is 1. The number of hydrogen-bond acceptors (Lipinski definition) is 5. The lowest BCUT2D eigenvalue weighted by atomic mass is 10.0. The van der Waals surface area contributed by atoms with E-state index in [1.54, 1.807) is 13.8 Å². The summed E-state index contributed by atoms with van der Waals surface area (Å²) in [5, 5.41) is 2.59. The molecule has 0 radical (unpaired) electrons. The smallest absolute Gasteiger partial charge is 0.328 e. The molecule has 23 heavy (non-hydrogen) atoms. The number of amides is 1. The van der Waals surface area contributed by atoms with Crippen LogP contribution in [0.2, 0.25) is 0 Å². The summed E-state index contributed by atoms with van der Waals surface area (Å²) < 4.78 is 9.69. The number of methoxy groups -OCH3 is 1. The van der Waals surface area contributed by atoms with Gasteiger partial charge in [0.2, 0.25) is 5.91 Å². The molecule has 0 aliphatic heterocycles. The molecule has 0 fully saturated rings. The van der Waals surface area contributed by atoms with E-state index in [1.165, 1.54) is 7.11 Å². The summed E-state index contributed by atoms with van der Waals surface area (Å²) in [6, 6.07) is 8.56. The van der Waals surface area contributed by atoms with E-state index < -0.39 is 17.9 Å². The van der Waals surface area contributed by atoms with Crippen LogP contribution in [0.3, 0.4) is 0 Å². The Morgan fingerprint density at radius 1 is 1.13 bits per heavy atom. The molecule has 6 nitrogen and oxygen atoms in total. The van der Waals surface area contributed by atoms with Crippen LogP contribution in [0.1, 0.15) is 32.3 Å². The predicted octanol–water partition coefficient (Wildman–Crippen LogP) is 1.82. The third-order valence-electron chi connectivity index (χ3n) is 3.39. The molecule has 1 unspecified atom stereocenters. The minimum Gasteiger partial charge on any atom is -0.469 e. The van der Waals surface area contributed by atoms with E-state index in [2.05, 4.69) is 10.1 Å². The number of esters is 2. The first-order chi connectivity index (χ1) is 10.9. The van der Waals surface area contributed by atoms with Crippen LogP contribution in [-0.4, -0.2) is 31.0 Å². The Hall–Kier alpha value is -2.37. The summed E-state index contributed by atoms with van der Waals surface area (Å²) in [7, 11) is 1.30. The number of rotatable bonds is 8. The highest BCUT2D eigenvalue weighted by atomic mass is 16.5. The Bertz CT molecular complexity index is 529. The summed E-state index contributed by atoms with van der Waals surface area (Å²) in [5.41, 5.74) is 0.880. The van der Waals surface area contributed by atoms with E-state index in [9.17, 15) is 14.4 Å². The minimum absolute atomic E-state index is 0.164. The highest BCUT2D eigenvalue weighted by Gasteiger charge is 2.21. The summed E-state index contributed by atoms with van der Waals surface area (Å²) in [6.07, 6.45) is 0.530. The molecule has 126 valence electrons. The summed E-state index contributed by atoms with van der Waals surface area (Å²) in [6.45, 7) is 3.43. The van der Waals surface area contributed by atoms with Crippen molar-refractivity contribution in [2.24, 2.45) is 5.92 Å². The van der Waals surface area contributed by atoms with Crippen molar-refractivity contribution in [3.8, 4) is 0 Å². The zero-order valence-corrected chi connectivity index (χ0v) is 13.7. The molecule has 1 aromatic carbocycles. The second-order valence-corrected chi connectivity index (χ2v) is 5.34. The van der Waals surface area contributed by atoms with Crippen LogP contribution >= 0.6 is 0 Å². The molecular formula is C17H23NO5. The second kappa shape index (κ2) is 9.61. The molecule has 0 saturated carbocycles. The van der Waals surface area contributed by atoms with E-state index >= 15 is 0 Å². The van der Waals surface area contributed by atoms with Gasteiger partial charge < -0.3 is 14.8 Å². The molecule has 6 heteroatoms. The fourth-order valence-corrected chi connectivity index (χ4v) is 1.84. The number of hydrogen-bond donors (Lipinski definition) is 1. The molecule has 1 amide bonds.